The highest BCUT2D eigenvalue weighted by atomic mass is 32.1. The summed E-state index contributed by atoms with van der Waals surface area (Å²) in [5, 5.41) is 5.71. The molecule has 2 aromatic heterocycles. The Morgan fingerprint density at radius 3 is 2.70 bits per heavy atom. The molecule has 1 aliphatic heterocycles. The fourth-order valence-electron chi connectivity index (χ4n) is 3.22. The van der Waals surface area contributed by atoms with E-state index < -0.39 is 0 Å². The molecule has 8 heteroatoms. The van der Waals surface area contributed by atoms with Crippen LogP contribution in [-0.2, 0) is 11.3 Å². The summed E-state index contributed by atoms with van der Waals surface area (Å²) in [6.45, 7) is 4.20. The molecule has 1 aromatic carbocycles. The molecule has 0 aliphatic carbocycles. The Kier molecular flexibility index (Phi) is 5.47. The summed E-state index contributed by atoms with van der Waals surface area (Å²) in [4.78, 5) is 32.9. The van der Waals surface area contributed by atoms with Crippen molar-refractivity contribution < 1.29 is 14.5 Å². The molecule has 140 valence electrons. The van der Waals surface area contributed by atoms with Gasteiger partial charge < -0.3 is 15.1 Å². The SMILES string of the molecule is O=C(NCC(=O)N1CC[NH+](Cc2nc3ccccc3s2)CC1)c1cccs1. The molecule has 3 heterocycles. The molecule has 0 bridgehead atoms. The lowest BCUT2D eigenvalue weighted by molar-refractivity contribution is -0.917. The number of nitrogens with one attached hydrogen (secondary N) is 2. The highest BCUT2D eigenvalue weighted by Crippen LogP contribution is 2.20. The second-order valence-corrected chi connectivity index (χ2v) is 8.61. The average molecular weight is 402 g/mol. The highest BCUT2D eigenvalue weighted by molar-refractivity contribution is 7.18. The zero-order chi connectivity index (χ0) is 18.6. The predicted molar refractivity (Wildman–Crippen MR) is 107 cm³/mol. The molecule has 1 fully saturated rings. The maximum Gasteiger partial charge on any atom is 0.261 e. The lowest BCUT2D eigenvalue weighted by Gasteiger charge is -2.31. The maximum absolute atomic E-state index is 12.3. The van der Waals surface area contributed by atoms with Gasteiger partial charge in [-0.2, -0.15) is 0 Å². The van der Waals surface area contributed by atoms with Crippen molar-refractivity contribution in [2.45, 2.75) is 6.54 Å². The van der Waals surface area contributed by atoms with Crippen LogP contribution in [0.25, 0.3) is 10.2 Å². The van der Waals surface area contributed by atoms with Gasteiger partial charge in [0.1, 0.15) is 11.6 Å². The van der Waals surface area contributed by atoms with Crippen LogP contribution in [-0.4, -0.2) is 54.4 Å². The number of quaternary nitrogens is 1. The van der Waals surface area contributed by atoms with Crippen molar-refractivity contribution in [1.29, 1.82) is 0 Å². The summed E-state index contributed by atoms with van der Waals surface area (Å²) in [5.41, 5.74) is 1.06. The molecule has 0 atom stereocenters. The Bertz CT molecular complexity index is 897. The minimum atomic E-state index is -0.182. The Morgan fingerprint density at radius 2 is 1.96 bits per heavy atom. The van der Waals surface area contributed by atoms with E-state index in [1.54, 1.807) is 17.4 Å². The van der Waals surface area contributed by atoms with E-state index in [0.717, 1.165) is 30.2 Å². The molecule has 1 aliphatic rings. The first-order valence-corrected chi connectivity index (χ1v) is 10.7. The number of para-hydroxylation sites is 1. The van der Waals surface area contributed by atoms with Crippen LogP contribution in [0.1, 0.15) is 14.7 Å². The fraction of sp³-hybridized carbons (Fsp3) is 0.316. The van der Waals surface area contributed by atoms with Crippen molar-refractivity contribution in [2.24, 2.45) is 0 Å². The minimum absolute atomic E-state index is 0.0149. The molecule has 0 radical (unpaired) electrons. The van der Waals surface area contributed by atoms with Gasteiger partial charge in [0.2, 0.25) is 5.91 Å². The van der Waals surface area contributed by atoms with Gasteiger partial charge in [-0.05, 0) is 23.6 Å². The predicted octanol–water partition coefficient (Wildman–Crippen LogP) is 1.01. The van der Waals surface area contributed by atoms with Crippen molar-refractivity contribution >= 4 is 44.7 Å². The van der Waals surface area contributed by atoms with Gasteiger partial charge in [-0.1, -0.05) is 18.2 Å². The quantitative estimate of drug-likeness (QED) is 0.671. The summed E-state index contributed by atoms with van der Waals surface area (Å²) in [6.07, 6.45) is 0. The van der Waals surface area contributed by atoms with Gasteiger partial charge in [0.25, 0.3) is 5.91 Å². The van der Waals surface area contributed by atoms with Gasteiger partial charge in [0, 0.05) is 0 Å². The van der Waals surface area contributed by atoms with Crippen LogP contribution in [0, 0.1) is 0 Å². The van der Waals surface area contributed by atoms with E-state index in [-0.39, 0.29) is 18.4 Å². The maximum atomic E-state index is 12.3. The van der Waals surface area contributed by atoms with Crippen molar-refractivity contribution in [3.8, 4) is 0 Å². The second kappa shape index (κ2) is 8.16. The molecule has 0 saturated carbocycles. The monoisotopic (exact) mass is 401 g/mol. The zero-order valence-corrected chi connectivity index (χ0v) is 16.4. The van der Waals surface area contributed by atoms with Gasteiger partial charge in [0.15, 0.2) is 0 Å². The molecule has 3 aromatic rings. The van der Waals surface area contributed by atoms with Crippen LogP contribution >= 0.6 is 22.7 Å². The third kappa shape index (κ3) is 4.35. The van der Waals surface area contributed by atoms with Gasteiger partial charge >= 0.3 is 0 Å². The van der Waals surface area contributed by atoms with Crippen LogP contribution < -0.4 is 10.2 Å². The number of aromatic nitrogens is 1. The number of carbonyl (C=O) groups is 2. The number of hydrogen-bond donors (Lipinski definition) is 2. The van der Waals surface area contributed by atoms with E-state index in [0.29, 0.717) is 18.0 Å². The van der Waals surface area contributed by atoms with E-state index >= 15 is 0 Å². The fourth-order valence-corrected chi connectivity index (χ4v) is 4.90. The molecule has 6 nitrogen and oxygen atoms in total. The highest BCUT2D eigenvalue weighted by Gasteiger charge is 2.24. The van der Waals surface area contributed by atoms with Gasteiger partial charge in [0.05, 0.1) is 47.8 Å². The van der Waals surface area contributed by atoms with Gasteiger partial charge in [-0.3, -0.25) is 9.59 Å². The molecule has 2 N–H and O–H groups in total. The molecule has 0 spiro atoms. The second-order valence-electron chi connectivity index (χ2n) is 6.54. The molecule has 1 saturated heterocycles. The summed E-state index contributed by atoms with van der Waals surface area (Å²) in [5.74, 6) is -0.197. The molecular weight excluding hydrogens is 380 g/mol. The van der Waals surface area contributed by atoms with E-state index in [9.17, 15) is 9.59 Å². The van der Waals surface area contributed by atoms with E-state index in [2.05, 4.69) is 11.4 Å². The molecule has 27 heavy (non-hydrogen) atoms. The molecule has 2 amide bonds. The normalized spacial score (nSPS) is 15.2. The van der Waals surface area contributed by atoms with Crippen molar-refractivity contribution in [1.82, 2.24) is 15.2 Å². The largest absolute Gasteiger partial charge is 0.342 e. The number of benzene rings is 1. The number of amides is 2. The number of nitrogens with zero attached hydrogens (tertiary/aromatic N) is 2. The van der Waals surface area contributed by atoms with Crippen LogP contribution in [0.15, 0.2) is 41.8 Å². The topological polar surface area (TPSA) is 66.7 Å². The number of hydrogen-bond acceptors (Lipinski definition) is 5. The standard InChI is InChI=1S/C19H20N4O2S2/c24-18(12-20-19(25)16-6-3-11-26-16)23-9-7-22(8-10-23)13-17-21-14-4-1-2-5-15(14)27-17/h1-6,11H,7-10,12-13H2,(H,20,25)/p+1. The lowest BCUT2D eigenvalue weighted by Crippen LogP contribution is -3.13. The van der Waals surface area contributed by atoms with Gasteiger partial charge in [-0.25, -0.2) is 4.98 Å². The Labute approximate surface area is 165 Å². The third-order valence-corrected chi connectivity index (χ3v) is 6.61. The van der Waals surface area contributed by atoms with Gasteiger partial charge in [-0.15, -0.1) is 22.7 Å². The minimum Gasteiger partial charge on any atom is -0.342 e. The summed E-state index contributed by atoms with van der Waals surface area (Å²) in [7, 11) is 0. The Morgan fingerprint density at radius 1 is 1.15 bits per heavy atom. The average Bonchev–Trinajstić information content (AvgIpc) is 3.35. The smallest absolute Gasteiger partial charge is 0.261 e. The molecular formula is C19H21N4O2S2+. The Hall–Kier alpha value is -2.29. The third-order valence-electron chi connectivity index (χ3n) is 4.71. The Balaban J connectivity index is 1.24. The summed E-state index contributed by atoms with van der Waals surface area (Å²) in [6, 6.07) is 11.8. The molecule has 4 rings (SSSR count). The van der Waals surface area contributed by atoms with Crippen molar-refractivity contribution in [3.63, 3.8) is 0 Å². The van der Waals surface area contributed by atoms with Crippen molar-refractivity contribution in [2.75, 3.05) is 32.7 Å². The number of piperazine rings is 1. The number of thiazole rings is 1. The first-order valence-electron chi connectivity index (χ1n) is 8.96. The first-order chi connectivity index (χ1) is 13.2. The number of rotatable bonds is 5. The number of carbonyl (C=O) groups excluding carboxylic acids is 2. The zero-order valence-electron chi connectivity index (χ0n) is 14.8. The van der Waals surface area contributed by atoms with Crippen LogP contribution in [0.3, 0.4) is 0 Å². The number of fused-ring (bicyclic) bond motifs is 1. The van der Waals surface area contributed by atoms with E-state index in [4.69, 9.17) is 4.98 Å². The number of thiophene rings is 1. The van der Waals surface area contributed by atoms with Crippen LogP contribution in [0.5, 0.6) is 0 Å². The molecule has 0 unspecified atom stereocenters. The summed E-state index contributed by atoms with van der Waals surface area (Å²) < 4.78 is 1.22. The van der Waals surface area contributed by atoms with E-state index in [1.165, 1.54) is 20.9 Å². The van der Waals surface area contributed by atoms with E-state index in [1.807, 2.05) is 34.5 Å². The summed E-state index contributed by atoms with van der Waals surface area (Å²) >= 11 is 3.12. The van der Waals surface area contributed by atoms with Crippen LogP contribution in [0.2, 0.25) is 0 Å². The first kappa shape index (κ1) is 18.1. The van der Waals surface area contributed by atoms with Crippen molar-refractivity contribution in [3.05, 3.63) is 51.7 Å². The van der Waals surface area contributed by atoms with Crippen LogP contribution in [0.4, 0.5) is 0 Å². The lowest BCUT2D eigenvalue weighted by atomic mass is 10.3.